The Kier molecular flexibility index (Phi) is 9.29. The molecule has 0 radical (unpaired) electrons. The van der Waals surface area contributed by atoms with Crippen LogP contribution in [-0.4, -0.2) is 55.1 Å². The van der Waals surface area contributed by atoms with E-state index in [-0.39, 0.29) is 18.1 Å². The number of nitrogens with zero attached hydrogens (tertiary/aromatic N) is 5. The lowest BCUT2D eigenvalue weighted by Gasteiger charge is -2.39. The van der Waals surface area contributed by atoms with E-state index in [1.54, 1.807) is 0 Å². The minimum atomic E-state index is -4.45. The number of rotatable bonds is 9. The second-order valence-electron chi connectivity index (χ2n) is 9.77. The van der Waals surface area contributed by atoms with Crippen molar-refractivity contribution in [2.24, 2.45) is 26.3 Å². The molecule has 0 N–H and O–H groups in total. The highest BCUT2D eigenvalue weighted by Gasteiger charge is 2.38. The molecule has 1 atom stereocenters. The third-order valence-electron chi connectivity index (χ3n) is 7.10. The molecular formula is C27H36F3N5O. The van der Waals surface area contributed by atoms with Crippen molar-refractivity contribution in [3.05, 3.63) is 34.9 Å². The zero-order chi connectivity index (χ0) is 26.3. The minimum absolute atomic E-state index is 0.0597. The van der Waals surface area contributed by atoms with Crippen LogP contribution in [0, 0.1) is 22.7 Å². The van der Waals surface area contributed by atoms with Gasteiger partial charge in [0.2, 0.25) is 0 Å². The molecule has 2 heterocycles. The third kappa shape index (κ3) is 7.16. The van der Waals surface area contributed by atoms with Gasteiger partial charge in [0.15, 0.2) is 6.61 Å². The summed E-state index contributed by atoms with van der Waals surface area (Å²) < 4.78 is 44.8. The van der Waals surface area contributed by atoms with Gasteiger partial charge >= 0.3 is 6.18 Å². The van der Waals surface area contributed by atoms with Crippen LogP contribution in [0.1, 0.15) is 66.2 Å². The van der Waals surface area contributed by atoms with Crippen molar-refractivity contribution < 1.29 is 17.9 Å². The number of nitriles is 1. The molecule has 1 aliphatic carbocycles. The van der Waals surface area contributed by atoms with E-state index >= 15 is 0 Å². The standard InChI is InChI=1S/C27H36F3N5O/c1-5-23-24(36-18-27(28,29)30)14-26(6-2,20(4)33-22-10-8-19(3)9-11-22)17-32-25(34-23)21-15-35(16-21)13-7-12-31/h8,10,17,21H,5-7,9,11,13-16,18H2,1-4H3. The molecule has 0 aromatic rings. The van der Waals surface area contributed by atoms with Gasteiger partial charge in [0.1, 0.15) is 11.6 Å². The van der Waals surface area contributed by atoms with Gasteiger partial charge in [0.05, 0.1) is 17.2 Å². The summed E-state index contributed by atoms with van der Waals surface area (Å²) in [4.78, 5) is 16.6. The Labute approximate surface area is 212 Å². The number of alkyl halides is 3. The Morgan fingerprint density at radius 1 is 1.28 bits per heavy atom. The van der Waals surface area contributed by atoms with E-state index < -0.39 is 18.2 Å². The summed E-state index contributed by atoms with van der Waals surface area (Å²) in [6.07, 6.45) is 4.95. The molecule has 0 spiro atoms. The molecule has 3 rings (SSSR count). The van der Waals surface area contributed by atoms with Crippen molar-refractivity contribution >= 4 is 17.8 Å². The molecule has 6 nitrogen and oxygen atoms in total. The summed E-state index contributed by atoms with van der Waals surface area (Å²) in [5.41, 5.74) is 2.88. The predicted molar refractivity (Wildman–Crippen MR) is 137 cm³/mol. The van der Waals surface area contributed by atoms with Gasteiger partial charge < -0.3 is 9.64 Å². The first kappa shape index (κ1) is 27.9. The van der Waals surface area contributed by atoms with Crippen LogP contribution >= 0.6 is 0 Å². The number of halogens is 3. The minimum Gasteiger partial charge on any atom is -0.487 e. The average Bonchev–Trinajstić information content (AvgIpc) is 2.80. The molecule has 2 aliphatic heterocycles. The Balaban J connectivity index is 1.99. The molecule has 3 aliphatic rings. The van der Waals surface area contributed by atoms with Gasteiger partial charge in [-0.15, -0.1) is 0 Å². The maximum Gasteiger partial charge on any atom is 0.422 e. The van der Waals surface area contributed by atoms with Crippen molar-refractivity contribution in [3.8, 4) is 6.07 Å². The highest BCUT2D eigenvalue weighted by molar-refractivity contribution is 6.06. The van der Waals surface area contributed by atoms with Gasteiger partial charge in [-0.05, 0) is 45.6 Å². The van der Waals surface area contributed by atoms with Crippen molar-refractivity contribution in [2.45, 2.75) is 72.4 Å². The average molecular weight is 504 g/mol. The Morgan fingerprint density at radius 3 is 2.61 bits per heavy atom. The fourth-order valence-electron chi connectivity index (χ4n) is 4.60. The van der Waals surface area contributed by atoms with E-state index in [9.17, 15) is 13.2 Å². The van der Waals surface area contributed by atoms with Crippen molar-refractivity contribution in [1.82, 2.24) is 4.90 Å². The number of allylic oxidation sites excluding steroid dienone is 6. The van der Waals surface area contributed by atoms with Crippen LogP contribution in [0.5, 0.6) is 0 Å². The van der Waals surface area contributed by atoms with E-state index in [4.69, 9.17) is 25.0 Å². The van der Waals surface area contributed by atoms with Crippen LogP contribution in [0.4, 0.5) is 13.2 Å². The normalized spacial score (nSPS) is 24.3. The lowest BCUT2D eigenvalue weighted by molar-refractivity contribution is -0.166. The van der Waals surface area contributed by atoms with Crippen LogP contribution < -0.4 is 0 Å². The number of hydrogen-bond acceptors (Lipinski definition) is 6. The zero-order valence-electron chi connectivity index (χ0n) is 21.7. The SMILES string of the molecule is CCC1=C(OCC(F)(F)F)CC(CC)(C(C)=NC2=CC=C(C)CC2)C=NC(C2CN(CCC#N)C2)=N1. The number of likely N-dealkylation sites (tertiary alicyclic amines) is 1. The maximum atomic E-state index is 13.1. The molecule has 0 aromatic heterocycles. The van der Waals surface area contributed by atoms with E-state index in [0.29, 0.717) is 37.3 Å². The van der Waals surface area contributed by atoms with Crippen LogP contribution in [0.25, 0.3) is 0 Å². The molecule has 0 saturated carbocycles. The largest absolute Gasteiger partial charge is 0.487 e. The summed E-state index contributed by atoms with van der Waals surface area (Å²) in [5.74, 6) is 0.919. The number of aliphatic imine (C=N–C) groups is 3. The van der Waals surface area contributed by atoms with Crippen molar-refractivity contribution in [3.63, 3.8) is 0 Å². The van der Waals surface area contributed by atoms with E-state index in [1.165, 1.54) is 5.57 Å². The first-order valence-corrected chi connectivity index (χ1v) is 12.7. The molecular weight excluding hydrogens is 467 g/mol. The Bertz CT molecular complexity index is 1040. The number of hydrogen-bond donors (Lipinski definition) is 0. The molecule has 1 saturated heterocycles. The highest BCUT2D eigenvalue weighted by Crippen LogP contribution is 2.37. The summed E-state index contributed by atoms with van der Waals surface area (Å²) in [5, 5.41) is 8.85. The molecule has 0 aromatic carbocycles. The fraction of sp³-hybridized carbons (Fsp3) is 0.630. The monoisotopic (exact) mass is 503 g/mol. The Hall–Kier alpha value is -2.73. The molecule has 196 valence electrons. The third-order valence-corrected chi connectivity index (χ3v) is 7.10. The summed E-state index contributed by atoms with van der Waals surface area (Å²) in [6, 6.07) is 2.16. The van der Waals surface area contributed by atoms with Crippen molar-refractivity contribution in [2.75, 3.05) is 26.2 Å². The van der Waals surface area contributed by atoms with E-state index in [2.05, 4.69) is 24.0 Å². The van der Waals surface area contributed by atoms with Crippen molar-refractivity contribution in [1.29, 1.82) is 5.26 Å². The lowest BCUT2D eigenvalue weighted by atomic mass is 9.77. The second-order valence-corrected chi connectivity index (χ2v) is 9.77. The number of amidine groups is 1. The smallest absolute Gasteiger partial charge is 0.422 e. The van der Waals surface area contributed by atoms with Gasteiger partial charge in [0, 0.05) is 56.0 Å². The Morgan fingerprint density at radius 2 is 2.03 bits per heavy atom. The molecule has 36 heavy (non-hydrogen) atoms. The van der Waals surface area contributed by atoms with Gasteiger partial charge in [-0.3, -0.25) is 4.99 Å². The molecule has 9 heteroatoms. The fourth-order valence-corrected chi connectivity index (χ4v) is 4.60. The van der Waals surface area contributed by atoms with Gasteiger partial charge in [0.25, 0.3) is 0 Å². The maximum absolute atomic E-state index is 13.1. The quantitative estimate of drug-likeness (QED) is 0.342. The van der Waals surface area contributed by atoms with Crippen LogP contribution in [0.2, 0.25) is 0 Å². The summed E-state index contributed by atoms with van der Waals surface area (Å²) in [6.45, 7) is 8.66. The molecule has 0 amide bonds. The van der Waals surface area contributed by atoms with Gasteiger partial charge in [-0.1, -0.05) is 25.5 Å². The van der Waals surface area contributed by atoms with E-state index in [0.717, 1.165) is 37.3 Å². The first-order valence-electron chi connectivity index (χ1n) is 12.7. The highest BCUT2D eigenvalue weighted by atomic mass is 19.4. The molecule has 1 fully saturated rings. The van der Waals surface area contributed by atoms with Gasteiger partial charge in [-0.25, -0.2) is 9.98 Å². The first-order chi connectivity index (χ1) is 17.1. The number of ether oxygens (including phenoxy) is 1. The van der Waals surface area contributed by atoms with Crippen LogP contribution in [0.3, 0.4) is 0 Å². The van der Waals surface area contributed by atoms with E-state index in [1.807, 2.05) is 33.1 Å². The second kappa shape index (κ2) is 12.0. The topological polar surface area (TPSA) is 73.3 Å². The molecule has 0 bridgehead atoms. The zero-order valence-corrected chi connectivity index (χ0v) is 21.7. The van der Waals surface area contributed by atoms with Crippen LogP contribution in [0.15, 0.2) is 49.9 Å². The van der Waals surface area contributed by atoms with Gasteiger partial charge in [-0.2, -0.15) is 18.4 Å². The summed E-state index contributed by atoms with van der Waals surface area (Å²) >= 11 is 0. The molecule has 1 unspecified atom stereocenters. The lowest BCUT2D eigenvalue weighted by Crippen LogP contribution is -2.50. The van der Waals surface area contributed by atoms with Crippen LogP contribution in [-0.2, 0) is 4.74 Å². The summed E-state index contributed by atoms with van der Waals surface area (Å²) in [7, 11) is 0. The predicted octanol–water partition coefficient (Wildman–Crippen LogP) is 6.39.